The molecule has 0 aliphatic carbocycles. The Bertz CT molecular complexity index is 786. The number of aromatic nitrogens is 2. The number of halogens is 1. The monoisotopic (exact) mass is 302 g/mol. The van der Waals surface area contributed by atoms with Gasteiger partial charge in [0.15, 0.2) is 0 Å². The Kier molecular flexibility index (Phi) is 2.59. The topological polar surface area (TPSA) is 37.8 Å². The first-order chi connectivity index (χ1) is 8.66. The van der Waals surface area contributed by atoms with Crippen LogP contribution >= 0.6 is 15.9 Å². The number of hydrogen-bond acceptors (Lipinski definition) is 1. The Morgan fingerprint density at radius 2 is 1.94 bits per heavy atom. The number of hydrogen-bond donors (Lipinski definition) is 1. The number of imidazole rings is 1. The van der Waals surface area contributed by atoms with E-state index in [4.69, 9.17) is 0 Å². The summed E-state index contributed by atoms with van der Waals surface area (Å²) < 4.78 is 2.59. The van der Waals surface area contributed by atoms with Gasteiger partial charge in [0.25, 0.3) is 0 Å². The first-order valence-electron chi connectivity index (χ1n) is 5.63. The molecule has 0 aliphatic rings. The summed E-state index contributed by atoms with van der Waals surface area (Å²) in [5.74, 6) is 0. The molecule has 0 saturated carbocycles. The van der Waals surface area contributed by atoms with Gasteiger partial charge >= 0.3 is 5.69 Å². The Morgan fingerprint density at radius 1 is 1.17 bits per heavy atom. The van der Waals surface area contributed by atoms with Gasteiger partial charge in [0.05, 0.1) is 16.7 Å². The summed E-state index contributed by atoms with van der Waals surface area (Å²) in [4.78, 5) is 14.9. The maximum atomic E-state index is 12.1. The highest BCUT2D eigenvalue weighted by Gasteiger charge is 2.10. The van der Waals surface area contributed by atoms with E-state index in [1.54, 1.807) is 4.57 Å². The Balaban J connectivity index is 2.38. The van der Waals surface area contributed by atoms with Crippen LogP contribution in [0.25, 0.3) is 16.7 Å². The molecule has 90 valence electrons. The van der Waals surface area contributed by atoms with Crippen molar-refractivity contribution < 1.29 is 0 Å². The van der Waals surface area contributed by atoms with Crippen LogP contribution in [0.2, 0.25) is 0 Å². The van der Waals surface area contributed by atoms with Gasteiger partial charge < -0.3 is 4.98 Å². The molecule has 0 fully saturated rings. The minimum absolute atomic E-state index is 0.124. The number of para-hydroxylation sites is 2. The van der Waals surface area contributed by atoms with E-state index in [1.807, 2.05) is 49.4 Å². The fourth-order valence-corrected chi connectivity index (χ4v) is 2.76. The van der Waals surface area contributed by atoms with Gasteiger partial charge in [-0.25, -0.2) is 4.79 Å². The number of rotatable bonds is 1. The van der Waals surface area contributed by atoms with Gasteiger partial charge in [0, 0.05) is 4.47 Å². The maximum absolute atomic E-state index is 12.1. The average molecular weight is 303 g/mol. The van der Waals surface area contributed by atoms with Crippen LogP contribution in [0.5, 0.6) is 0 Å². The molecular formula is C14H11BrN2O. The van der Waals surface area contributed by atoms with Crippen molar-refractivity contribution >= 4 is 27.0 Å². The third-order valence-corrected chi connectivity index (χ3v) is 3.57. The van der Waals surface area contributed by atoms with Crippen molar-refractivity contribution in [1.82, 2.24) is 9.55 Å². The first kappa shape index (κ1) is 11.3. The molecule has 0 saturated heterocycles. The van der Waals surface area contributed by atoms with Gasteiger partial charge in [-0.05, 0) is 52.7 Å². The molecule has 1 aromatic heterocycles. The predicted molar refractivity (Wildman–Crippen MR) is 76.3 cm³/mol. The van der Waals surface area contributed by atoms with Crippen molar-refractivity contribution in [3.05, 3.63) is 63.0 Å². The summed E-state index contributed by atoms with van der Waals surface area (Å²) >= 11 is 3.51. The lowest BCUT2D eigenvalue weighted by atomic mass is 10.2. The minimum Gasteiger partial charge on any atom is -0.305 e. The molecule has 2 aromatic carbocycles. The van der Waals surface area contributed by atoms with Gasteiger partial charge in [-0.3, -0.25) is 4.57 Å². The summed E-state index contributed by atoms with van der Waals surface area (Å²) in [7, 11) is 0. The smallest absolute Gasteiger partial charge is 0.305 e. The Labute approximate surface area is 112 Å². The molecule has 1 N–H and O–H groups in total. The first-order valence-corrected chi connectivity index (χ1v) is 6.42. The van der Waals surface area contributed by atoms with Gasteiger partial charge in [0.1, 0.15) is 0 Å². The molecule has 1 heterocycles. The number of nitrogens with one attached hydrogen (secondary N) is 1. The summed E-state index contributed by atoms with van der Waals surface area (Å²) in [5.41, 5.74) is 3.60. The van der Waals surface area contributed by atoms with Crippen LogP contribution in [0.1, 0.15) is 5.56 Å². The van der Waals surface area contributed by atoms with Crippen LogP contribution in [0.4, 0.5) is 0 Å². The third-order valence-electron chi connectivity index (χ3n) is 2.93. The molecule has 0 radical (unpaired) electrons. The van der Waals surface area contributed by atoms with Crippen molar-refractivity contribution in [2.45, 2.75) is 6.92 Å². The zero-order valence-electron chi connectivity index (χ0n) is 9.77. The van der Waals surface area contributed by atoms with E-state index in [0.717, 1.165) is 26.8 Å². The number of nitrogens with zero attached hydrogens (tertiary/aromatic N) is 1. The predicted octanol–water partition coefficient (Wildman–Crippen LogP) is 3.39. The van der Waals surface area contributed by atoms with Crippen molar-refractivity contribution in [2.24, 2.45) is 0 Å². The van der Waals surface area contributed by atoms with Crippen molar-refractivity contribution in [2.75, 3.05) is 0 Å². The summed E-state index contributed by atoms with van der Waals surface area (Å²) in [6.45, 7) is 2.02. The Morgan fingerprint density at radius 3 is 2.72 bits per heavy atom. The molecule has 0 spiro atoms. The maximum Gasteiger partial charge on any atom is 0.331 e. The number of H-pyrrole nitrogens is 1. The SMILES string of the molecule is Cc1ccc(-n2c(=O)[nH]c3ccccc32)c(Br)c1. The molecule has 4 heteroatoms. The highest BCUT2D eigenvalue weighted by atomic mass is 79.9. The fourth-order valence-electron chi connectivity index (χ4n) is 2.09. The van der Waals surface area contributed by atoms with E-state index < -0.39 is 0 Å². The van der Waals surface area contributed by atoms with Gasteiger partial charge in [-0.1, -0.05) is 18.2 Å². The van der Waals surface area contributed by atoms with Crippen LogP contribution < -0.4 is 5.69 Å². The summed E-state index contributed by atoms with van der Waals surface area (Å²) in [5, 5.41) is 0. The minimum atomic E-state index is -0.124. The van der Waals surface area contributed by atoms with Crippen LogP contribution in [-0.4, -0.2) is 9.55 Å². The molecule has 3 rings (SSSR count). The number of aryl methyl sites for hydroxylation is 1. The standard InChI is InChI=1S/C14H11BrN2O/c1-9-6-7-12(10(15)8-9)17-13-5-3-2-4-11(13)16-14(17)18/h2-8H,1H3,(H,16,18). The lowest BCUT2D eigenvalue weighted by molar-refractivity contribution is 1.01. The molecule has 0 amide bonds. The Hall–Kier alpha value is -1.81. The average Bonchev–Trinajstić information content (AvgIpc) is 2.66. The lowest BCUT2D eigenvalue weighted by Gasteiger charge is -2.06. The highest BCUT2D eigenvalue weighted by molar-refractivity contribution is 9.10. The highest BCUT2D eigenvalue weighted by Crippen LogP contribution is 2.24. The van der Waals surface area contributed by atoms with Crippen LogP contribution in [0.3, 0.4) is 0 Å². The second-order valence-electron chi connectivity index (χ2n) is 4.24. The zero-order chi connectivity index (χ0) is 12.7. The molecule has 3 nitrogen and oxygen atoms in total. The quantitative estimate of drug-likeness (QED) is 0.735. The summed E-state index contributed by atoms with van der Waals surface area (Å²) in [6.07, 6.45) is 0. The van der Waals surface area contributed by atoms with E-state index in [0.29, 0.717) is 0 Å². The van der Waals surface area contributed by atoms with E-state index >= 15 is 0 Å². The lowest BCUT2D eigenvalue weighted by Crippen LogP contribution is -2.15. The number of fused-ring (bicyclic) bond motifs is 1. The van der Waals surface area contributed by atoms with Crippen molar-refractivity contribution in [3.8, 4) is 5.69 Å². The van der Waals surface area contributed by atoms with E-state index in [1.165, 1.54) is 0 Å². The molecule has 18 heavy (non-hydrogen) atoms. The molecule has 0 unspecified atom stereocenters. The third kappa shape index (κ3) is 1.69. The van der Waals surface area contributed by atoms with Gasteiger partial charge in [-0.2, -0.15) is 0 Å². The van der Waals surface area contributed by atoms with E-state index in [-0.39, 0.29) is 5.69 Å². The van der Waals surface area contributed by atoms with Crippen LogP contribution in [0.15, 0.2) is 51.7 Å². The van der Waals surface area contributed by atoms with Crippen molar-refractivity contribution in [3.63, 3.8) is 0 Å². The number of benzene rings is 2. The second-order valence-corrected chi connectivity index (χ2v) is 5.09. The molecule has 0 atom stereocenters. The number of aromatic amines is 1. The molecule has 3 aromatic rings. The zero-order valence-corrected chi connectivity index (χ0v) is 11.4. The molecule has 0 bridgehead atoms. The van der Waals surface area contributed by atoms with Crippen LogP contribution in [0, 0.1) is 6.92 Å². The second kappa shape index (κ2) is 4.14. The molecular weight excluding hydrogens is 292 g/mol. The van der Waals surface area contributed by atoms with Crippen molar-refractivity contribution in [1.29, 1.82) is 0 Å². The van der Waals surface area contributed by atoms with Crippen LogP contribution in [-0.2, 0) is 0 Å². The van der Waals surface area contributed by atoms with E-state index in [9.17, 15) is 4.79 Å². The van der Waals surface area contributed by atoms with Gasteiger partial charge in [-0.15, -0.1) is 0 Å². The fraction of sp³-hybridized carbons (Fsp3) is 0.0714. The summed E-state index contributed by atoms with van der Waals surface area (Å²) in [6, 6.07) is 13.6. The largest absolute Gasteiger partial charge is 0.331 e. The normalized spacial score (nSPS) is 11.0. The van der Waals surface area contributed by atoms with E-state index in [2.05, 4.69) is 20.9 Å². The van der Waals surface area contributed by atoms with Gasteiger partial charge in [0.2, 0.25) is 0 Å². The molecule has 0 aliphatic heterocycles.